The highest BCUT2D eigenvalue weighted by Crippen LogP contribution is 2.23. The molecule has 84 valence electrons. The van der Waals surface area contributed by atoms with Crippen LogP contribution in [0.4, 0.5) is 0 Å². The summed E-state index contributed by atoms with van der Waals surface area (Å²) in [6.07, 6.45) is 7.08. The Morgan fingerprint density at radius 2 is 1.43 bits per heavy atom. The predicted molar refractivity (Wildman–Crippen MR) is 68.6 cm³/mol. The molecule has 0 heteroatoms. The molecule has 0 aliphatic heterocycles. The van der Waals surface area contributed by atoms with Crippen LogP contribution in [0, 0.1) is 5.92 Å². The molecule has 0 aromatic rings. The first-order valence-corrected chi connectivity index (χ1v) is 6.06. The van der Waals surface area contributed by atoms with Gasteiger partial charge in [0.25, 0.3) is 0 Å². The highest BCUT2D eigenvalue weighted by molar-refractivity contribution is 5.23. The van der Waals surface area contributed by atoms with Gasteiger partial charge in [-0.25, -0.2) is 0 Å². The number of rotatable bonds is 1. The number of allylic oxidation sites excluding steroid dienone is 4. The summed E-state index contributed by atoms with van der Waals surface area (Å²) in [5.74, 6) is 0.740. The molecule has 0 aromatic heterocycles. The van der Waals surface area contributed by atoms with E-state index in [2.05, 4.69) is 32.9 Å². The minimum Gasteiger partial charge on any atom is -0.0730 e. The largest absolute Gasteiger partial charge is 0.0730 e. The lowest BCUT2D eigenvalue weighted by Gasteiger charge is -2.14. The van der Waals surface area contributed by atoms with E-state index in [0.717, 1.165) is 5.92 Å². The SMILES string of the molecule is CC.CC.CC1=CC=C(C(C)C)CC1. The van der Waals surface area contributed by atoms with Gasteiger partial charge in [0.15, 0.2) is 0 Å². The van der Waals surface area contributed by atoms with Crippen molar-refractivity contribution in [3.8, 4) is 0 Å². The van der Waals surface area contributed by atoms with Gasteiger partial charge >= 0.3 is 0 Å². The van der Waals surface area contributed by atoms with E-state index < -0.39 is 0 Å². The molecule has 0 N–H and O–H groups in total. The van der Waals surface area contributed by atoms with E-state index >= 15 is 0 Å². The van der Waals surface area contributed by atoms with Gasteiger partial charge in [-0.1, -0.05) is 64.8 Å². The lowest BCUT2D eigenvalue weighted by atomic mass is 9.92. The lowest BCUT2D eigenvalue weighted by molar-refractivity contribution is 0.700. The van der Waals surface area contributed by atoms with E-state index in [4.69, 9.17) is 0 Å². The minimum atomic E-state index is 0.740. The standard InChI is InChI=1S/C10H16.2C2H6/c1-8(2)10-6-4-9(3)5-7-10;2*1-2/h4,6,8H,5,7H2,1-3H3;2*1-2H3. The molecule has 0 amide bonds. The number of hydrogen-bond donors (Lipinski definition) is 0. The molecule has 0 saturated heterocycles. The smallest absolute Gasteiger partial charge is 0.0257 e. The fourth-order valence-electron chi connectivity index (χ4n) is 1.24. The zero-order chi connectivity index (χ0) is 11.6. The van der Waals surface area contributed by atoms with Crippen LogP contribution in [0.3, 0.4) is 0 Å². The molecule has 0 unspecified atom stereocenters. The number of hydrogen-bond acceptors (Lipinski definition) is 0. The molecule has 0 nitrogen and oxygen atoms in total. The molecule has 0 aromatic carbocycles. The van der Waals surface area contributed by atoms with Crippen LogP contribution in [-0.4, -0.2) is 0 Å². The van der Waals surface area contributed by atoms with E-state index in [1.165, 1.54) is 18.4 Å². The van der Waals surface area contributed by atoms with Gasteiger partial charge in [0.2, 0.25) is 0 Å². The molecule has 0 saturated carbocycles. The molecule has 0 spiro atoms. The summed E-state index contributed by atoms with van der Waals surface area (Å²) in [7, 11) is 0. The molecule has 0 fully saturated rings. The van der Waals surface area contributed by atoms with E-state index in [0.29, 0.717) is 0 Å². The maximum atomic E-state index is 2.28. The average Bonchev–Trinajstić information content (AvgIpc) is 2.24. The second-order valence-corrected chi connectivity index (χ2v) is 3.41. The average molecular weight is 196 g/mol. The Morgan fingerprint density at radius 3 is 1.71 bits per heavy atom. The van der Waals surface area contributed by atoms with Gasteiger partial charge in [-0.3, -0.25) is 0 Å². The zero-order valence-electron chi connectivity index (χ0n) is 11.1. The van der Waals surface area contributed by atoms with Crippen molar-refractivity contribution in [3.05, 3.63) is 23.3 Å². The molecule has 1 aliphatic carbocycles. The van der Waals surface area contributed by atoms with E-state index in [-0.39, 0.29) is 0 Å². The fourth-order valence-corrected chi connectivity index (χ4v) is 1.24. The van der Waals surface area contributed by atoms with Gasteiger partial charge in [0.05, 0.1) is 0 Å². The van der Waals surface area contributed by atoms with Gasteiger partial charge in [0, 0.05) is 0 Å². The third-order valence-electron chi connectivity index (χ3n) is 2.13. The summed E-state index contributed by atoms with van der Waals surface area (Å²) >= 11 is 0. The Labute approximate surface area is 91.1 Å². The predicted octanol–water partition coefficient (Wildman–Crippen LogP) is 5.36. The van der Waals surface area contributed by atoms with Crippen molar-refractivity contribution < 1.29 is 0 Å². The molecule has 1 rings (SSSR count). The maximum absolute atomic E-state index is 2.28. The summed E-state index contributed by atoms with van der Waals surface area (Å²) in [5, 5.41) is 0. The van der Waals surface area contributed by atoms with Crippen molar-refractivity contribution in [2.75, 3.05) is 0 Å². The topological polar surface area (TPSA) is 0 Å². The van der Waals surface area contributed by atoms with Crippen LogP contribution in [0.2, 0.25) is 0 Å². The van der Waals surface area contributed by atoms with Crippen LogP contribution >= 0.6 is 0 Å². The molecule has 14 heavy (non-hydrogen) atoms. The van der Waals surface area contributed by atoms with Crippen LogP contribution in [0.1, 0.15) is 61.3 Å². The third kappa shape index (κ3) is 6.94. The van der Waals surface area contributed by atoms with Crippen molar-refractivity contribution in [2.45, 2.75) is 61.3 Å². The van der Waals surface area contributed by atoms with Crippen molar-refractivity contribution in [3.63, 3.8) is 0 Å². The monoisotopic (exact) mass is 196 g/mol. The molecule has 0 bridgehead atoms. The molecule has 0 radical (unpaired) electrons. The second-order valence-electron chi connectivity index (χ2n) is 3.41. The molecule has 1 aliphatic rings. The van der Waals surface area contributed by atoms with Gasteiger partial charge < -0.3 is 0 Å². The second kappa shape index (κ2) is 10.6. The first-order chi connectivity index (χ1) is 6.70. The van der Waals surface area contributed by atoms with Gasteiger partial charge in [-0.05, 0) is 25.7 Å². The Hall–Kier alpha value is -0.520. The fraction of sp³-hybridized carbons (Fsp3) is 0.714. The van der Waals surface area contributed by atoms with Crippen LogP contribution in [0.15, 0.2) is 23.3 Å². The Bertz CT molecular complexity index is 170. The van der Waals surface area contributed by atoms with Crippen molar-refractivity contribution in [1.29, 1.82) is 0 Å². The van der Waals surface area contributed by atoms with Gasteiger partial charge in [-0.2, -0.15) is 0 Å². The summed E-state index contributed by atoms with van der Waals surface area (Å²) in [6.45, 7) is 14.7. The van der Waals surface area contributed by atoms with Crippen LogP contribution in [0.5, 0.6) is 0 Å². The Morgan fingerprint density at radius 1 is 0.929 bits per heavy atom. The normalized spacial score (nSPS) is 14.3. The lowest BCUT2D eigenvalue weighted by Crippen LogP contribution is -1.97. The Kier molecular flexibility index (Phi) is 12.0. The Balaban J connectivity index is 0. The summed E-state index contributed by atoms with van der Waals surface area (Å²) in [6, 6.07) is 0. The van der Waals surface area contributed by atoms with Gasteiger partial charge in [-0.15, -0.1) is 0 Å². The van der Waals surface area contributed by atoms with Crippen molar-refractivity contribution >= 4 is 0 Å². The van der Waals surface area contributed by atoms with E-state index in [9.17, 15) is 0 Å². The van der Waals surface area contributed by atoms with Crippen LogP contribution < -0.4 is 0 Å². The van der Waals surface area contributed by atoms with Crippen molar-refractivity contribution in [1.82, 2.24) is 0 Å². The molecular formula is C14H28. The quantitative estimate of drug-likeness (QED) is 0.529. The summed E-state index contributed by atoms with van der Waals surface area (Å²) in [4.78, 5) is 0. The first-order valence-electron chi connectivity index (χ1n) is 6.06. The van der Waals surface area contributed by atoms with Crippen molar-refractivity contribution in [2.24, 2.45) is 5.92 Å². The highest BCUT2D eigenvalue weighted by Gasteiger charge is 2.05. The molecule has 0 atom stereocenters. The molecular weight excluding hydrogens is 168 g/mol. The van der Waals surface area contributed by atoms with E-state index in [1.807, 2.05) is 27.7 Å². The first kappa shape index (κ1) is 15.9. The maximum Gasteiger partial charge on any atom is -0.0257 e. The van der Waals surface area contributed by atoms with Crippen LogP contribution in [-0.2, 0) is 0 Å². The summed E-state index contributed by atoms with van der Waals surface area (Å²) < 4.78 is 0. The third-order valence-corrected chi connectivity index (χ3v) is 2.13. The van der Waals surface area contributed by atoms with Gasteiger partial charge in [0.1, 0.15) is 0 Å². The van der Waals surface area contributed by atoms with Crippen LogP contribution in [0.25, 0.3) is 0 Å². The molecule has 0 heterocycles. The van der Waals surface area contributed by atoms with E-state index in [1.54, 1.807) is 5.57 Å². The minimum absolute atomic E-state index is 0.740. The zero-order valence-corrected chi connectivity index (χ0v) is 11.1. The highest BCUT2D eigenvalue weighted by atomic mass is 14.1. The summed E-state index contributed by atoms with van der Waals surface area (Å²) in [5.41, 5.74) is 3.12.